The predicted molar refractivity (Wildman–Crippen MR) is 49.3 cm³/mol. The van der Waals surface area contributed by atoms with Crippen molar-refractivity contribution in [2.75, 3.05) is 6.54 Å². The summed E-state index contributed by atoms with van der Waals surface area (Å²) in [5.74, 6) is 4.85. The molecule has 0 atom stereocenters. The van der Waals surface area contributed by atoms with Crippen LogP contribution in [-0.2, 0) is 4.79 Å². The van der Waals surface area contributed by atoms with E-state index >= 15 is 0 Å². The van der Waals surface area contributed by atoms with Crippen molar-refractivity contribution in [2.24, 2.45) is 5.84 Å². The number of carbonyl (C=O) groups is 1. The van der Waals surface area contributed by atoms with E-state index in [1.54, 1.807) is 0 Å². The molecule has 4 heteroatoms. The zero-order chi connectivity index (χ0) is 9.72. The van der Waals surface area contributed by atoms with Crippen LogP contribution in [0, 0.1) is 0 Å². The molecular weight excluding hydrogens is 154 g/mol. The van der Waals surface area contributed by atoms with Gasteiger partial charge in [0.25, 0.3) is 0 Å². The molecular formula is C8H19N3O. The van der Waals surface area contributed by atoms with Crippen molar-refractivity contribution in [2.45, 2.75) is 39.8 Å². The van der Waals surface area contributed by atoms with Crippen LogP contribution in [0.4, 0.5) is 0 Å². The average molecular weight is 173 g/mol. The molecule has 0 aromatic rings. The Labute approximate surface area is 74.1 Å². The summed E-state index contributed by atoms with van der Waals surface area (Å²) in [7, 11) is 0. The lowest BCUT2D eigenvalue weighted by atomic mass is 10.2. The van der Waals surface area contributed by atoms with Gasteiger partial charge in [0.05, 0.1) is 6.54 Å². The van der Waals surface area contributed by atoms with Crippen LogP contribution in [0.25, 0.3) is 0 Å². The molecule has 0 aliphatic heterocycles. The van der Waals surface area contributed by atoms with Gasteiger partial charge in [-0.05, 0) is 27.7 Å². The number of rotatable bonds is 4. The Morgan fingerprint density at radius 2 is 1.75 bits per heavy atom. The minimum absolute atomic E-state index is 0.141. The summed E-state index contributed by atoms with van der Waals surface area (Å²) < 4.78 is 0. The molecule has 0 aromatic carbocycles. The van der Waals surface area contributed by atoms with E-state index in [-0.39, 0.29) is 5.91 Å². The van der Waals surface area contributed by atoms with Gasteiger partial charge in [-0.25, -0.2) is 5.84 Å². The molecule has 0 bridgehead atoms. The summed E-state index contributed by atoms with van der Waals surface area (Å²) in [6.45, 7) is 8.60. The molecule has 0 aliphatic rings. The van der Waals surface area contributed by atoms with Gasteiger partial charge in [-0.3, -0.25) is 15.1 Å². The van der Waals surface area contributed by atoms with Crippen LogP contribution in [0.15, 0.2) is 0 Å². The highest BCUT2D eigenvalue weighted by Crippen LogP contribution is 2.03. The van der Waals surface area contributed by atoms with Crippen molar-refractivity contribution in [3.05, 3.63) is 0 Å². The van der Waals surface area contributed by atoms with E-state index in [2.05, 4.69) is 38.0 Å². The second kappa shape index (κ2) is 5.11. The van der Waals surface area contributed by atoms with E-state index < -0.39 is 0 Å². The van der Waals surface area contributed by atoms with Crippen LogP contribution >= 0.6 is 0 Å². The molecule has 0 aromatic heterocycles. The van der Waals surface area contributed by atoms with Crippen molar-refractivity contribution >= 4 is 5.91 Å². The summed E-state index contributed by atoms with van der Waals surface area (Å²) in [5.41, 5.74) is 2.12. The highest BCUT2D eigenvalue weighted by Gasteiger charge is 2.15. The Balaban J connectivity index is 4.05. The van der Waals surface area contributed by atoms with Crippen molar-refractivity contribution in [1.82, 2.24) is 10.3 Å². The third kappa shape index (κ3) is 3.69. The molecule has 0 aliphatic carbocycles. The number of hydrazine groups is 1. The summed E-state index contributed by atoms with van der Waals surface area (Å²) in [6, 6.07) is 0.726. The van der Waals surface area contributed by atoms with E-state index in [0.29, 0.717) is 18.6 Å². The number of nitrogens with one attached hydrogen (secondary N) is 1. The number of nitrogens with zero attached hydrogens (tertiary/aromatic N) is 1. The molecule has 0 saturated heterocycles. The zero-order valence-corrected chi connectivity index (χ0v) is 8.29. The Bertz CT molecular complexity index is 137. The number of nitrogens with two attached hydrogens (primary N) is 1. The molecule has 4 nitrogen and oxygen atoms in total. The Morgan fingerprint density at radius 3 is 2.00 bits per heavy atom. The highest BCUT2D eigenvalue weighted by molar-refractivity contribution is 5.77. The SMILES string of the molecule is CC(C)N(CC(=O)NN)C(C)C. The molecule has 0 radical (unpaired) electrons. The topological polar surface area (TPSA) is 58.4 Å². The zero-order valence-electron chi connectivity index (χ0n) is 8.29. The largest absolute Gasteiger partial charge is 0.293 e. The van der Waals surface area contributed by atoms with Gasteiger partial charge in [0, 0.05) is 12.1 Å². The third-order valence-corrected chi connectivity index (χ3v) is 1.81. The maximum atomic E-state index is 11.0. The number of hydrogen-bond donors (Lipinski definition) is 2. The van der Waals surface area contributed by atoms with Gasteiger partial charge in [0.1, 0.15) is 0 Å². The van der Waals surface area contributed by atoms with Crippen molar-refractivity contribution < 1.29 is 4.79 Å². The van der Waals surface area contributed by atoms with Crippen LogP contribution in [-0.4, -0.2) is 29.4 Å². The average Bonchev–Trinajstić information content (AvgIpc) is 1.98. The van der Waals surface area contributed by atoms with Gasteiger partial charge in [-0.2, -0.15) is 0 Å². The summed E-state index contributed by atoms with van der Waals surface area (Å²) in [4.78, 5) is 13.0. The molecule has 72 valence electrons. The van der Waals surface area contributed by atoms with Gasteiger partial charge in [-0.1, -0.05) is 0 Å². The predicted octanol–water partition coefficient (Wildman–Crippen LogP) is 0.0951. The molecule has 3 N–H and O–H groups in total. The highest BCUT2D eigenvalue weighted by atomic mass is 16.2. The van der Waals surface area contributed by atoms with E-state index in [0.717, 1.165) is 0 Å². The van der Waals surface area contributed by atoms with Gasteiger partial charge in [0.2, 0.25) is 5.91 Å². The minimum atomic E-state index is -0.141. The van der Waals surface area contributed by atoms with Gasteiger partial charge >= 0.3 is 0 Å². The first-order valence-corrected chi connectivity index (χ1v) is 4.24. The number of carbonyl (C=O) groups excluding carboxylic acids is 1. The van der Waals surface area contributed by atoms with Crippen LogP contribution in [0.5, 0.6) is 0 Å². The second-order valence-electron chi connectivity index (χ2n) is 3.43. The van der Waals surface area contributed by atoms with Gasteiger partial charge < -0.3 is 0 Å². The fraction of sp³-hybridized carbons (Fsp3) is 0.875. The molecule has 1 amide bonds. The maximum absolute atomic E-state index is 11.0. The first-order valence-electron chi connectivity index (χ1n) is 4.24. The van der Waals surface area contributed by atoms with E-state index in [4.69, 9.17) is 5.84 Å². The smallest absolute Gasteiger partial charge is 0.248 e. The number of amides is 1. The van der Waals surface area contributed by atoms with Gasteiger partial charge in [0.15, 0.2) is 0 Å². The van der Waals surface area contributed by atoms with E-state index in [9.17, 15) is 4.79 Å². The van der Waals surface area contributed by atoms with Crippen molar-refractivity contribution in [1.29, 1.82) is 0 Å². The number of hydrogen-bond acceptors (Lipinski definition) is 3. The molecule has 0 saturated carbocycles. The quantitative estimate of drug-likeness (QED) is 0.360. The lowest BCUT2D eigenvalue weighted by Gasteiger charge is -2.29. The van der Waals surface area contributed by atoms with Gasteiger partial charge in [-0.15, -0.1) is 0 Å². The van der Waals surface area contributed by atoms with Crippen LogP contribution in [0.3, 0.4) is 0 Å². The lowest BCUT2D eigenvalue weighted by molar-refractivity contribution is -0.123. The molecule has 0 heterocycles. The second-order valence-corrected chi connectivity index (χ2v) is 3.43. The molecule has 0 spiro atoms. The maximum Gasteiger partial charge on any atom is 0.248 e. The molecule has 12 heavy (non-hydrogen) atoms. The van der Waals surface area contributed by atoms with Crippen LogP contribution < -0.4 is 11.3 Å². The van der Waals surface area contributed by atoms with Crippen LogP contribution in [0.2, 0.25) is 0 Å². The van der Waals surface area contributed by atoms with Crippen LogP contribution in [0.1, 0.15) is 27.7 Å². The summed E-state index contributed by atoms with van der Waals surface area (Å²) in [5, 5.41) is 0. The summed E-state index contributed by atoms with van der Waals surface area (Å²) in [6.07, 6.45) is 0. The van der Waals surface area contributed by atoms with E-state index in [1.807, 2.05) is 0 Å². The Kier molecular flexibility index (Phi) is 4.85. The first kappa shape index (κ1) is 11.4. The first-order chi connectivity index (χ1) is 5.49. The Hall–Kier alpha value is -0.610. The Morgan fingerprint density at radius 1 is 1.33 bits per heavy atom. The lowest BCUT2D eigenvalue weighted by Crippen LogP contribution is -2.46. The molecule has 0 rings (SSSR count). The standard InChI is InChI=1S/C8H19N3O/c1-6(2)11(7(3)4)5-8(12)10-9/h6-7H,5,9H2,1-4H3,(H,10,12). The molecule has 0 unspecified atom stereocenters. The van der Waals surface area contributed by atoms with Crippen molar-refractivity contribution in [3.8, 4) is 0 Å². The third-order valence-electron chi connectivity index (χ3n) is 1.81. The van der Waals surface area contributed by atoms with E-state index in [1.165, 1.54) is 0 Å². The normalized spacial score (nSPS) is 11.3. The minimum Gasteiger partial charge on any atom is -0.293 e. The fourth-order valence-corrected chi connectivity index (χ4v) is 1.17. The monoisotopic (exact) mass is 173 g/mol. The van der Waals surface area contributed by atoms with Crippen molar-refractivity contribution in [3.63, 3.8) is 0 Å². The molecule has 0 fully saturated rings. The summed E-state index contributed by atoms with van der Waals surface area (Å²) >= 11 is 0. The fourth-order valence-electron chi connectivity index (χ4n) is 1.17.